The molecular formula is C18H16ClN5S2. The molecule has 0 aliphatic heterocycles. The molecular weight excluding hydrogens is 386 g/mol. The highest BCUT2D eigenvalue weighted by Crippen LogP contribution is 2.38. The van der Waals surface area contributed by atoms with Crippen molar-refractivity contribution in [3.8, 4) is 0 Å². The summed E-state index contributed by atoms with van der Waals surface area (Å²) in [7, 11) is 0. The third-order valence-electron chi connectivity index (χ3n) is 3.99. The summed E-state index contributed by atoms with van der Waals surface area (Å²) in [5.74, 6) is 0.977. The number of rotatable bonds is 5. The molecule has 2 aromatic carbocycles. The van der Waals surface area contributed by atoms with Crippen LogP contribution in [0.5, 0.6) is 0 Å². The summed E-state index contributed by atoms with van der Waals surface area (Å²) < 4.78 is 3.08. The lowest BCUT2D eigenvalue weighted by atomic mass is 10.2. The number of anilines is 1. The van der Waals surface area contributed by atoms with Crippen LogP contribution in [0.4, 0.5) is 5.13 Å². The Morgan fingerprint density at radius 2 is 2.00 bits per heavy atom. The summed E-state index contributed by atoms with van der Waals surface area (Å²) in [5.41, 5.74) is 8.88. The third kappa shape index (κ3) is 3.56. The van der Waals surface area contributed by atoms with Crippen LogP contribution in [0.15, 0.2) is 52.9 Å². The van der Waals surface area contributed by atoms with Crippen molar-refractivity contribution >= 4 is 50.9 Å². The second-order valence-corrected chi connectivity index (χ2v) is 8.87. The molecule has 0 fully saturated rings. The molecule has 4 aromatic rings. The fraction of sp³-hybridized carbons (Fsp3) is 0.167. The number of hydrogen-bond acceptors (Lipinski definition) is 6. The van der Waals surface area contributed by atoms with Gasteiger partial charge in [0.1, 0.15) is 5.82 Å². The first-order valence-electron chi connectivity index (χ1n) is 8.05. The van der Waals surface area contributed by atoms with Crippen LogP contribution in [0.2, 0.25) is 5.02 Å². The summed E-state index contributed by atoms with van der Waals surface area (Å²) >= 11 is 9.17. The van der Waals surface area contributed by atoms with Gasteiger partial charge in [0.2, 0.25) is 5.13 Å². The molecule has 132 valence electrons. The summed E-state index contributed by atoms with van der Waals surface area (Å²) in [4.78, 5) is 4.86. The number of hydrogen-bond donors (Lipinski definition) is 1. The van der Waals surface area contributed by atoms with Crippen molar-refractivity contribution in [3.05, 3.63) is 64.9 Å². The summed E-state index contributed by atoms with van der Waals surface area (Å²) in [6.07, 6.45) is 0. The van der Waals surface area contributed by atoms with Crippen molar-refractivity contribution in [1.82, 2.24) is 19.7 Å². The number of nitrogen functional groups attached to an aromatic ring is 1. The van der Waals surface area contributed by atoms with Crippen molar-refractivity contribution in [3.63, 3.8) is 0 Å². The van der Waals surface area contributed by atoms with E-state index in [2.05, 4.69) is 33.8 Å². The predicted molar refractivity (Wildman–Crippen MR) is 109 cm³/mol. The van der Waals surface area contributed by atoms with Crippen molar-refractivity contribution in [2.24, 2.45) is 0 Å². The summed E-state index contributed by atoms with van der Waals surface area (Å²) in [6.45, 7) is 2.87. The molecule has 5 nitrogen and oxygen atoms in total. The maximum atomic E-state index is 6.17. The Bertz CT molecular complexity index is 1040. The van der Waals surface area contributed by atoms with Gasteiger partial charge in [-0.25, -0.2) is 4.98 Å². The normalized spacial score (nSPS) is 12.5. The van der Waals surface area contributed by atoms with Gasteiger partial charge >= 0.3 is 0 Å². The lowest BCUT2D eigenvalue weighted by Crippen LogP contribution is -2.06. The number of imidazole rings is 1. The van der Waals surface area contributed by atoms with Crippen molar-refractivity contribution in [2.45, 2.75) is 23.1 Å². The predicted octanol–water partition coefficient (Wildman–Crippen LogP) is 5.03. The van der Waals surface area contributed by atoms with Gasteiger partial charge in [-0.05, 0) is 30.7 Å². The van der Waals surface area contributed by atoms with E-state index in [0.29, 0.717) is 10.2 Å². The molecule has 0 saturated carbocycles. The average molecular weight is 402 g/mol. The van der Waals surface area contributed by atoms with E-state index in [9.17, 15) is 0 Å². The second-order valence-electron chi connectivity index (χ2n) is 5.84. The summed E-state index contributed by atoms with van der Waals surface area (Å²) in [6, 6.07) is 16.2. The number of halogens is 1. The van der Waals surface area contributed by atoms with E-state index in [1.54, 1.807) is 11.8 Å². The zero-order chi connectivity index (χ0) is 18.1. The lowest BCUT2D eigenvalue weighted by Gasteiger charge is -2.13. The maximum absolute atomic E-state index is 6.17. The van der Waals surface area contributed by atoms with Gasteiger partial charge < -0.3 is 10.3 Å². The number of thioether (sulfide) groups is 1. The van der Waals surface area contributed by atoms with Crippen LogP contribution in [0.1, 0.15) is 23.6 Å². The van der Waals surface area contributed by atoms with Crippen LogP contribution in [0.25, 0.3) is 11.0 Å². The summed E-state index contributed by atoms with van der Waals surface area (Å²) in [5, 5.41) is 9.26. The van der Waals surface area contributed by atoms with E-state index < -0.39 is 0 Å². The fourth-order valence-corrected chi connectivity index (χ4v) is 4.90. The third-order valence-corrected chi connectivity index (χ3v) is 6.16. The molecule has 1 atom stereocenters. The Labute approximate surface area is 164 Å². The van der Waals surface area contributed by atoms with Gasteiger partial charge in [-0.2, -0.15) is 0 Å². The molecule has 8 heteroatoms. The minimum Gasteiger partial charge on any atom is -0.374 e. The van der Waals surface area contributed by atoms with Crippen molar-refractivity contribution < 1.29 is 0 Å². The van der Waals surface area contributed by atoms with Crippen molar-refractivity contribution in [2.75, 3.05) is 5.73 Å². The molecule has 4 rings (SSSR count). The molecule has 2 N–H and O–H groups in total. The molecule has 0 radical (unpaired) electrons. The molecule has 0 aliphatic rings. The fourth-order valence-electron chi connectivity index (χ4n) is 2.84. The first-order valence-corrected chi connectivity index (χ1v) is 10.1. The van der Waals surface area contributed by atoms with Crippen LogP contribution < -0.4 is 5.73 Å². The van der Waals surface area contributed by atoms with Gasteiger partial charge in [0.05, 0.1) is 16.3 Å². The zero-order valence-electron chi connectivity index (χ0n) is 14.0. The van der Waals surface area contributed by atoms with Crippen molar-refractivity contribution in [1.29, 1.82) is 0 Å². The molecule has 1 unspecified atom stereocenters. The quantitative estimate of drug-likeness (QED) is 0.475. The van der Waals surface area contributed by atoms with Gasteiger partial charge in [0.15, 0.2) is 4.34 Å². The van der Waals surface area contributed by atoms with Gasteiger partial charge in [0.25, 0.3) is 0 Å². The first kappa shape index (κ1) is 17.3. The van der Waals surface area contributed by atoms with E-state index in [1.807, 2.05) is 36.4 Å². The molecule has 2 heterocycles. The van der Waals surface area contributed by atoms with Crippen LogP contribution in [-0.4, -0.2) is 19.7 Å². The SMILES string of the molecule is CC(Sc1nnc(N)s1)c1nc2cc(Cl)ccc2n1Cc1ccccc1. The minimum atomic E-state index is 0.0947. The molecule has 0 saturated heterocycles. The number of fused-ring (bicyclic) bond motifs is 1. The zero-order valence-corrected chi connectivity index (χ0v) is 16.4. The van der Waals surface area contributed by atoms with Gasteiger partial charge in [-0.3, -0.25) is 0 Å². The van der Waals surface area contributed by atoms with E-state index in [0.717, 1.165) is 27.7 Å². The monoisotopic (exact) mass is 401 g/mol. The second kappa shape index (κ2) is 7.26. The highest BCUT2D eigenvalue weighted by Gasteiger charge is 2.20. The van der Waals surface area contributed by atoms with E-state index in [4.69, 9.17) is 22.3 Å². The molecule has 0 bridgehead atoms. The standard InChI is InChI=1S/C18H16ClN5S2/c1-11(25-18-23-22-17(20)26-18)16-21-14-9-13(19)7-8-15(14)24(16)10-12-5-3-2-4-6-12/h2-9,11H,10H2,1H3,(H2,20,22). The van der Waals surface area contributed by atoms with Gasteiger partial charge in [-0.1, -0.05) is 65.0 Å². The number of nitrogens with zero attached hydrogens (tertiary/aromatic N) is 4. The van der Waals surface area contributed by atoms with E-state index in [1.165, 1.54) is 16.9 Å². The van der Waals surface area contributed by atoms with Crippen LogP contribution in [-0.2, 0) is 6.54 Å². The molecule has 0 spiro atoms. The highest BCUT2D eigenvalue weighted by molar-refractivity contribution is 8.01. The average Bonchev–Trinajstić information content (AvgIpc) is 3.19. The number of aromatic nitrogens is 4. The lowest BCUT2D eigenvalue weighted by molar-refractivity contribution is 0.746. The number of benzene rings is 2. The number of nitrogens with two attached hydrogens (primary N) is 1. The molecule has 0 aliphatic carbocycles. The largest absolute Gasteiger partial charge is 0.374 e. The van der Waals surface area contributed by atoms with E-state index in [-0.39, 0.29) is 5.25 Å². The Hall–Kier alpha value is -2.09. The highest BCUT2D eigenvalue weighted by atomic mass is 35.5. The van der Waals surface area contributed by atoms with Crippen LogP contribution in [0, 0.1) is 0 Å². The Kier molecular flexibility index (Phi) is 4.84. The molecule has 26 heavy (non-hydrogen) atoms. The van der Waals surface area contributed by atoms with Crippen LogP contribution in [0.3, 0.4) is 0 Å². The topological polar surface area (TPSA) is 69.6 Å². The van der Waals surface area contributed by atoms with Crippen LogP contribution >= 0.6 is 34.7 Å². The first-order chi connectivity index (χ1) is 12.6. The van der Waals surface area contributed by atoms with Gasteiger partial charge in [0, 0.05) is 11.6 Å². The van der Waals surface area contributed by atoms with E-state index >= 15 is 0 Å². The van der Waals surface area contributed by atoms with Gasteiger partial charge in [-0.15, -0.1) is 10.2 Å². The Morgan fingerprint density at radius 1 is 1.19 bits per heavy atom. The Morgan fingerprint density at radius 3 is 2.73 bits per heavy atom. The smallest absolute Gasteiger partial charge is 0.203 e. The Balaban J connectivity index is 1.75. The minimum absolute atomic E-state index is 0.0947. The maximum Gasteiger partial charge on any atom is 0.203 e. The molecule has 2 aromatic heterocycles. The molecule has 0 amide bonds.